The average Bonchev–Trinajstić information content (AvgIpc) is 2.89. The molecular weight excluding hydrogens is 342 g/mol. The number of rotatable bonds is 5. The molecule has 2 rings (SSSR count). The van der Waals surface area contributed by atoms with Crippen molar-refractivity contribution in [3.8, 4) is 0 Å². The van der Waals surface area contributed by atoms with Gasteiger partial charge in [-0.15, -0.1) is 0 Å². The van der Waals surface area contributed by atoms with E-state index in [1.54, 1.807) is 31.2 Å². The third kappa shape index (κ3) is 4.67. The summed E-state index contributed by atoms with van der Waals surface area (Å²) in [6, 6.07) is 6.77. The van der Waals surface area contributed by atoms with E-state index in [1.165, 1.54) is 0 Å². The lowest BCUT2D eigenvalue weighted by molar-refractivity contribution is -0.144. The smallest absolute Gasteiger partial charge is 0.325 e. The number of carbonyl (C=O) groups is 2. The van der Waals surface area contributed by atoms with Gasteiger partial charge in [0.05, 0.1) is 0 Å². The number of carbonyl (C=O) groups excluding carboxylic acids is 2. The van der Waals surface area contributed by atoms with Crippen LogP contribution in [0.4, 0.5) is 0 Å². The van der Waals surface area contributed by atoms with E-state index in [0.717, 1.165) is 4.47 Å². The third-order valence-electron chi connectivity index (χ3n) is 2.43. The maximum atomic E-state index is 11.8. The molecule has 0 unspecified atom stereocenters. The molecule has 0 radical (unpaired) electrons. The van der Waals surface area contributed by atoms with Gasteiger partial charge < -0.3 is 14.6 Å². The second-order valence-electron chi connectivity index (χ2n) is 4.09. The highest BCUT2D eigenvalue weighted by molar-refractivity contribution is 9.10. The summed E-state index contributed by atoms with van der Waals surface area (Å²) in [4.78, 5) is 27.1. The topological polar surface area (TPSA) is 94.3 Å². The van der Waals surface area contributed by atoms with E-state index in [0.29, 0.717) is 11.4 Å². The predicted molar refractivity (Wildman–Crippen MR) is 75.3 cm³/mol. The van der Waals surface area contributed by atoms with Crippen LogP contribution in [0.25, 0.3) is 0 Å². The molecule has 0 bridgehead atoms. The maximum Gasteiger partial charge on any atom is 0.325 e. The highest BCUT2D eigenvalue weighted by atomic mass is 79.9. The number of esters is 1. The highest BCUT2D eigenvalue weighted by Crippen LogP contribution is 2.10. The molecule has 1 aromatic heterocycles. The Labute approximate surface area is 128 Å². The van der Waals surface area contributed by atoms with Crippen LogP contribution in [0.15, 0.2) is 33.3 Å². The van der Waals surface area contributed by atoms with Crippen molar-refractivity contribution < 1.29 is 18.8 Å². The zero-order valence-corrected chi connectivity index (χ0v) is 12.7. The van der Waals surface area contributed by atoms with Crippen molar-refractivity contribution in [2.45, 2.75) is 13.5 Å². The molecule has 0 spiro atoms. The van der Waals surface area contributed by atoms with E-state index >= 15 is 0 Å². The lowest BCUT2D eigenvalue weighted by Crippen LogP contribution is -2.30. The molecule has 0 saturated heterocycles. The standard InChI is InChI=1S/C13H12BrN3O4/c1-8-16-11(21-17-8)7-20-12(18)6-15-13(19)9-2-4-10(14)5-3-9/h2-5H,6-7H2,1H3,(H,15,19). The lowest BCUT2D eigenvalue weighted by Gasteiger charge is -2.05. The summed E-state index contributed by atoms with van der Waals surface area (Å²) >= 11 is 3.28. The Morgan fingerprint density at radius 3 is 2.67 bits per heavy atom. The van der Waals surface area contributed by atoms with Crippen LogP contribution in [0.1, 0.15) is 22.1 Å². The summed E-state index contributed by atoms with van der Waals surface area (Å²) in [5.41, 5.74) is 0.457. The molecule has 1 N–H and O–H groups in total. The first-order valence-electron chi connectivity index (χ1n) is 6.03. The van der Waals surface area contributed by atoms with Crippen LogP contribution in [-0.2, 0) is 16.1 Å². The van der Waals surface area contributed by atoms with Crippen LogP contribution in [-0.4, -0.2) is 28.6 Å². The number of benzene rings is 1. The van der Waals surface area contributed by atoms with Gasteiger partial charge in [-0.3, -0.25) is 9.59 Å². The van der Waals surface area contributed by atoms with Crippen molar-refractivity contribution in [2.24, 2.45) is 0 Å². The van der Waals surface area contributed by atoms with E-state index in [1.807, 2.05) is 0 Å². The van der Waals surface area contributed by atoms with Gasteiger partial charge in [0, 0.05) is 10.0 Å². The Kier molecular flexibility index (Phi) is 5.04. The number of ether oxygens (including phenoxy) is 1. The minimum absolute atomic E-state index is 0.117. The van der Waals surface area contributed by atoms with Gasteiger partial charge in [0.15, 0.2) is 12.4 Å². The molecule has 7 nitrogen and oxygen atoms in total. The fourth-order valence-electron chi connectivity index (χ4n) is 1.45. The molecule has 21 heavy (non-hydrogen) atoms. The SMILES string of the molecule is Cc1noc(COC(=O)CNC(=O)c2ccc(Br)cc2)n1. The molecule has 1 amide bonds. The number of nitrogens with one attached hydrogen (secondary N) is 1. The Balaban J connectivity index is 1.75. The minimum Gasteiger partial charge on any atom is -0.454 e. The normalized spacial score (nSPS) is 10.2. The molecule has 110 valence electrons. The molecule has 0 atom stereocenters. The highest BCUT2D eigenvalue weighted by Gasteiger charge is 2.10. The summed E-state index contributed by atoms with van der Waals surface area (Å²) in [7, 11) is 0. The Hall–Kier alpha value is -2.22. The molecule has 1 heterocycles. The Morgan fingerprint density at radius 2 is 2.05 bits per heavy atom. The van der Waals surface area contributed by atoms with Gasteiger partial charge in [0.2, 0.25) is 0 Å². The van der Waals surface area contributed by atoms with Crippen molar-refractivity contribution in [3.05, 3.63) is 46.0 Å². The van der Waals surface area contributed by atoms with E-state index in [-0.39, 0.29) is 24.9 Å². The second-order valence-corrected chi connectivity index (χ2v) is 5.00. The van der Waals surface area contributed by atoms with Crippen molar-refractivity contribution in [1.29, 1.82) is 0 Å². The summed E-state index contributed by atoms with van der Waals surface area (Å²) < 4.78 is 10.5. The lowest BCUT2D eigenvalue weighted by atomic mass is 10.2. The van der Waals surface area contributed by atoms with Crippen LogP contribution in [0.3, 0.4) is 0 Å². The van der Waals surface area contributed by atoms with Crippen molar-refractivity contribution in [2.75, 3.05) is 6.54 Å². The van der Waals surface area contributed by atoms with Crippen LogP contribution in [0, 0.1) is 6.92 Å². The molecule has 0 aliphatic rings. The number of aryl methyl sites for hydroxylation is 1. The molecule has 0 aliphatic carbocycles. The van der Waals surface area contributed by atoms with E-state index < -0.39 is 5.97 Å². The van der Waals surface area contributed by atoms with Crippen LogP contribution in [0.5, 0.6) is 0 Å². The molecule has 1 aromatic carbocycles. The zero-order valence-electron chi connectivity index (χ0n) is 11.1. The molecule has 0 fully saturated rings. The molecule has 8 heteroatoms. The number of amides is 1. The zero-order chi connectivity index (χ0) is 15.2. The molecular formula is C13H12BrN3O4. The molecule has 0 saturated carbocycles. The maximum absolute atomic E-state index is 11.8. The van der Waals surface area contributed by atoms with Crippen molar-refractivity contribution >= 4 is 27.8 Å². The van der Waals surface area contributed by atoms with Gasteiger partial charge in [-0.2, -0.15) is 4.98 Å². The van der Waals surface area contributed by atoms with Crippen LogP contribution >= 0.6 is 15.9 Å². The number of aromatic nitrogens is 2. The fourth-order valence-corrected chi connectivity index (χ4v) is 1.71. The van der Waals surface area contributed by atoms with E-state index in [4.69, 9.17) is 9.26 Å². The number of hydrogen-bond donors (Lipinski definition) is 1. The number of halogens is 1. The summed E-state index contributed by atoms with van der Waals surface area (Å²) in [5, 5.41) is 6.03. The quantitative estimate of drug-likeness (QED) is 0.820. The van der Waals surface area contributed by atoms with Gasteiger partial charge >= 0.3 is 5.97 Å². The van der Waals surface area contributed by atoms with Gasteiger partial charge in [-0.1, -0.05) is 21.1 Å². The van der Waals surface area contributed by atoms with Crippen LogP contribution < -0.4 is 5.32 Å². The summed E-state index contributed by atoms with van der Waals surface area (Å²) in [6.07, 6.45) is 0. The molecule has 0 aliphatic heterocycles. The van der Waals surface area contributed by atoms with Crippen molar-refractivity contribution in [1.82, 2.24) is 15.5 Å². The monoisotopic (exact) mass is 353 g/mol. The van der Waals surface area contributed by atoms with Gasteiger partial charge in [-0.05, 0) is 31.2 Å². The largest absolute Gasteiger partial charge is 0.454 e. The van der Waals surface area contributed by atoms with Crippen molar-refractivity contribution in [3.63, 3.8) is 0 Å². The minimum atomic E-state index is -0.587. The van der Waals surface area contributed by atoms with Crippen LogP contribution in [0.2, 0.25) is 0 Å². The number of nitrogens with zero attached hydrogens (tertiary/aromatic N) is 2. The second kappa shape index (κ2) is 6.98. The fraction of sp³-hybridized carbons (Fsp3) is 0.231. The first kappa shape index (κ1) is 15.2. The summed E-state index contributed by atoms with van der Waals surface area (Å²) in [6.45, 7) is 1.31. The first-order chi connectivity index (χ1) is 10.0. The average molecular weight is 354 g/mol. The van der Waals surface area contributed by atoms with Gasteiger partial charge in [0.25, 0.3) is 11.8 Å². The third-order valence-corrected chi connectivity index (χ3v) is 2.95. The van der Waals surface area contributed by atoms with E-state index in [9.17, 15) is 9.59 Å². The molecule has 2 aromatic rings. The Bertz CT molecular complexity index is 639. The number of hydrogen-bond acceptors (Lipinski definition) is 6. The van der Waals surface area contributed by atoms with E-state index in [2.05, 4.69) is 31.4 Å². The van der Waals surface area contributed by atoms with Gasteiger partial charge in [0.1, 0.15) is 6.54 Å². The Morgan fingerprint density at radius 1 is 1.33 bits per heavy atom. The van der Waals surface area contributed by atoms with Gasteiger partial charge in [-0.25, -0.2) is 0 Å². The summed E-state index contributed by atoms with van der Waals surface area (Å²) in [5.74, 6) is -0.269. The first-order valence-corrected chi connectivity index (χ1v) is 6.82. The predicted octanol–water partition coefficient (Wildman–Crippen LogP) is 1.61.